The summed E-state index contributed by atoms with van der Waals surface area (Å²) in [6.45, 7) is 0. The molecule has 0 saturated carbocycles. The van der Waals surface area contributed by atoms with Crippen LogP contribution in [0.2, 0.25) is 0 Å². The first kappa shape index (κ1) is 13.2. The number of rotatable bonds is 2. The second kappa shape index (κ2) is 5.31. The van der Waals surface area contributed by atoms with Crippen molar-refractivity contribution in [3.63, 3.8) is 0 Å². The van der Waals surface area contributed by atoms with Crippen molar-refractivity contribution in [2.24, 2.45) is 5.73 Å². The van der Waals surface area contributed by atoms with Gasteiger partial charge in [0, 0.05) is 27.8 Å². The Labute approximate surface area is 124 Å². The van der Waals surface area contributed by atoms with E-state index in [0.29, 0.717) is 5.56 Å². The summed E-state index contributed by atoms with van der Waals surface area (Å²) >= 11 is 3.35. The third-order valence-corrected chi connectivity index (χ3v) is 3.84. The molecule has 2 aromatic carbocycles. The molecule has 2 nitrogen and oxygen atoms in total. The van der Waals surface area contributed by atoms with Crippen molar-refractivity contribution in [2.45, 2.75) is 6.04 Å². The van der Waals surface area contributed by atoms with Crippen molar-refractivity contribution in [2.75, 3.05) is 0 Å². The Kier molecular flexibility index (Phi) is 3.51. The molecule has 2 N–H and O–H groups in total. The van der Waals surface area contributed by atoms with E-state index < -0.39 is 6.04 Å². The van der Waals surface area contributed by atoms with E-state index in [1.54, 1.807) is 24.5 Å². The van der Waals surface area contributed by atoms with Gasteiger partial charge < -0.3 is 5.73 Å². The summed E-state index contributed by atoms with van der Waals surface area (Å²) in [5.41, 5.74) is 7.60. The average molecular weight is 331 g/mol. The maximum Gasteiger partial charge on any atom is 0.128 e. The van der Waals surface area contributed by atoms with Crippen LogP contribution in [-0.4, -0.2) is 4.98 Å². The van der Waals surface area contributed by atoms with Gasteiger partial charge in [-0.2, -0.15) is 0 Å². The Morgan fingerprint density at radius 1 is 1.10 bits per heavy atom. The fraction of sp³-hybridized carbons (Fsp3) is 0.0625. The van der Waals surface area contributed by atoms with E-state index in [4.69, 9.17) is 5.73 Å². The first-order valence-corrected chi connectivity index (χ1v) is 6.99. The Morgan fingerprint density at radius 2 is 1.95 bits per heavy atom. The van der Waals surface area contributed by atoms with Gasteiger partial charge in [-0.25, -0.2) is 4.39 Å². The van der Waals surface area contributed by atoms with Crippen LogP contribution in [0, 0.1) is 5.82 Å². The predicted molar refractivity (Wildman–Crippen MR) is 81.9 cm³/mol. The van der Waals surface area contributed by atoms with Crippen LogP contribution in [0.4, 0.5) is 4.39 Å². The summed E-state index contributed by atoms with van der Waals surface area (Å²) < 4.78 is 14.8. The van der Waals surface area contributed by atoms with Crippen LogP contribution in [0.5, 0.6) is 0 Å². The van der Waals surface area contributed by atoms with Crippen LogP contribution in [0.1, 0.15) is 17.2 Å². The number of aromatic nitrogens is 1. The first-order valence-electron chi connectivity index (χ1n) is 6.20. The number of benzene rings is 2. The number of hydrogen-bond acceptors (Lipinski definition) is 2. The maximum absolute atomic E-state index is 14.0. The zero-order chi connectivity index (χ0) is 14.1. The molecule has 1 unspecified atom stereocenters. The van der Waals surface area contributed by atoms with Crippen LogP contribution in [0.3, 0.4) is 0 Å². The smallest absolute Gasteiger partial charge is 0.128 e. The van der Waals surface area contributed by atoms with E-state index in [0.717, 1.165) is 20.8 Å². The summed E-state index contributed by atoms with van der Waals surface area (Å²) in [6.07, 6.45) is 3.50. The molecule has 0 aliphatic heterocycles. The molecule has 0 aliphatic carbocycles. The highest BCUT2D eigenvalue weighted by Crippen LogP contribution is 2.29. The fourth-order valence-corrected chi connectivity index (χ4v) is 2.71. The lowest BCUT2D eigenvalue weighted by atomic mass is 9.95. The molecule has 1 aromatic heterocycles. The summed E-state index contributed by atoms with van der Waals surface area (Å²) in [7, 11) is 0. The highest BCUT2D eigenvalue weighted by Gasteiger charge is 2.16. The number of pyridine rings is 1. The van der Waals surface area contributed by atoms with E-state index >= 15 is 0 Å². The second-order valence-corrected chi connectivity index (χ2v) is 5.50. The number of halogens is 2. The zero-order valence-corrected chi connectivity index (χ0v) is 12.1. The summed E-state index contributed by atoms with van der Waals surface area (Å²) in [5.74, 6) is -0.304. The highest BCUT2D eigenvalue weighted by atomic mass is 79.9. The molecule has 3 rings (SSSR count). The molecule has 100 valence electrons. The normalized spacial score (nSPS) is 12.6. The molecule has 0 fully saturated rings. The zero-order valence-electron chi connectivity index (χ0n) is 10.6. The number of fused-ring (bicyclic) bond motifs is 1. The minimum Gasteiger partial charge on any atom is -0.320 e. The van der Waals surface area contributed by atoms with Crippen molar-refractivity contribution < 1.29 is 4.39 Å². The molecule has 3 aromatic rings. The quantitative estimate of drug-likeness (QED) is 0.765. The van der Waals surface area contributed by atoms with Gasteiger partial charge in [-0.05, 0) is 35.2 Å². The van der Waals surface area contributed by atoms with Gasteiger partial charge in [-0.1, -0.05) is 34.1 Å². The highest BCUT2D eigenvalue weighted by molar-refractivity contribution is 9.10. The molecule has 20 heavy (non-hydrogen) atoms. The molecule has 0 spiro atoms. The number of nitrogens with two attached hydrogens (primary N) is 1. The van der Waals surface area contributed by atoms with Crippen LogP contribution in [-0.2, 0) is 0 Å². The average Bonchev–Trinajstić information content (AvgIpc) is 2.48. The van der Waals surface area contributed by atoms with E-state index in [1.807, 2.05) is 24.3 Å². The van der Waals surface area contributed by atoms with E-state index in [-0.39, 0.29) is 5.82 Å². The van der Waals surface area contributed by atoms with Crippen molar-refractivity contribution in [3.8, 4) is 0 Å². The monoisotopic (exact) mass is 330 g/mol. The van der Waals surface area contributed by atoms with Crippen LogP contribution in [0.15, 0.2) is 59.3 Å². The predicted octanol–water partition coefficient (Wildman–Crippen LogP) is 4.18. The SMILES string of the molecule is NC(c1cc(Br)ccc1F)c1cccc2ccncc12. The topological polar surface area (TPSA) is 38.9 Å². The Balaban J connectivity index is 2.17. The van der Waals surface area contributed by atoms with Crippen molar-refractivity contribution in [1.29, 1.82) is 0 Å². The van der Waals surface area contributed by atoms with Crippen molar-refractivity contribution in [1.82, 2.24) is 4.98 Å². The van der Waals surface area contributed by atoms with Gasteiger partial charge in [0.1, 0.15) is 5.82 Å². The minimum atomic E-state index is -0.527. The number of nitrogens with zero attached hydrogens (tertiary/aromatic N) is 1. The van der Waals surface area contributed by atoms with E-state index in [9.17, 15) is 4.39 Å². The summed E-state index contributed by atoms with van der Waals surface area (Å²) in [6, 6.07) is 12.0. The first-order chi connectivity index (χ1) is 9.66. The third kappa shape index (κ3) is 2.32. The van der Waals surface area contributed by atoms with Crippen molar-refractivity contribution >= 4 is 26.7 Å². The van der Waals surface area contributed by atoms with Gasteiger partial charge in [0.2, 0.25) is 0 Å². The maximum atomic E-state index is 14.0. The van der Waals surface area contributed by atoms with Gasteiger partial charge >= 0.3 is 0 Å². The molecular formula is C16H12BrFN2. The minimum absolute atomic E-state index is 0.304. The molecule has 1 heterocycles. The summed E-state index contributed by atoms with van der Waals surface area (Å²) in [4.78, 5) is 4.13. The summed E-state index contributed by atoms with van der Waals surface area (Å²) in [5, 5.41) is 1.99. The molecular weight excluding hydrogens is 319 g/mol. The Morgan fingerprint density at radius 3 is 2.80 bits per heavy atom. The largest absolute Gasteiger partial charge is 0.320 e. The van der Waals surface area contributed by atoms with E-state index in [2.05, 4.69) is 20.9 Å². The van der Waals surface area contributed by atoms with Crippen LogP contribution in [0.25, 0.3) is 10.8 Å². The van der Waals surface area contributed by atoms with Gasteiger partial charge in [0.25, 0.3) is 0 Å². The van der Waals surface area contributed by atoms with Gasteiger partial charge in [0.15, 0.2) is 0 Å². The lowest BCUT2D eigenvalue weighted by Crippen LogP contribution is -2.14. The Bertz CT molecular complexity index is 768. The van der Waals surface area contributed by atoms with Gasteiger partial charge in [-0.15, -0.1) is 0 Å². The lowest BCUT2D eigenvalue weighted by Gasteiger charge is -2.16. The molecule has 0 radical (unpaired) electrons. The van der Waals surface area contributed by atoms with Crippen molar-refractivity contribution in [3.05, 3.63) is 76.3 Å². The standard InChI is InChI=1S/C16H12BrFN2/c17-11-4-5-15(18)13(8-11)16(19)12-3-1-2-10-6-7-20-9-14(10)12/h1-9,16H,19H2. The Hall–Kier alpha value is -1.78. The van der Waals surface area contributed by atoms with Gasteiger partial charge in [0.05, 0.1) is 6.04 Å². The molecule has 0 bridgehead atoms. The van der Waals surface area contributed by atoms with E-state index in [1.165, 1.54) is 6.07 Å². The molecule has 1 atom stereocenters. The lowest BCUT2D eigenvalue weighted by molar-refractivity contribution is 0.600. The molecule has 0 amide bonds. The molecule has 0 aliphatic rings. The molecule has 0 saturated heterocycles. The fourth-order valence-electron chi connectivity index (χ4n) is 2.33. The number of hydrogen-bond donors (Lipinski definition) is 1. The van der Waals surface area contributed by atoms with Crippen LogP contribution >= 0.6 is 15.9 Å². The molecule has 4 heteroatoms. The second-order valence-electron chi connectivity index (χ2n) is 4.59. The van der Waals surface area contributed by atoms with Gasteiger partial charge in [-0.3, -0.25) is 4.98 Å². The third-order valence-electron chi connectivity index (χ3n) is 3.35. The van der Waals surface area contributed by atoms with Crippen LogP contribution < -0.4 is 5.73 Å².